The topological polar surface area (TPSA) is 28.8 Å². The molecule has 2 fully saturated rings. The van der Waals surface area contributed by atoms with Crippen LogP contribution >= 0.6 is 0 Å². The molecule has 0 unspecified atom stereocenters. The number of hydrogen-bond donors (Lipinski definition) is 1. The Hall–Kier alpha value is -1.40. The van der Waals surface area contributed by atoms with Gasteiger partial charge in [0.1, 0.15) is 0 Å². The van der Waals surface area contributed by atoms with Crippen LogP contribution in [-0.4, -0.2) is 96.6 Å². The van der Waals surface area contributed by atoms with Gasteiger partial charge >= 0.3 is 0 Å². The molecule has 0 aliphatic carbocycles. The Bertz CT molecular complexity index is 801. The number of piperazine rings is 1. The smallest absolute Gasteiger partial charge is 0.0459 e. The Kier molecular flexibility index (Phi) is 6.71. The molecule has 1 N–H and O–H groups in total. The van der Waals surface area contributed by atoms with Gasteiger partial charge in [0, 0.05) is 69.0 Å². The van der Waals surface area contributed by atoms with E-state index in [1.807, 2.05) is 0 Å². The average molecular weight is 410 g/mol. The van der Waals surface area contributed by atoms with Crippen LogP contribution in [0.3, 0.4) is 0 Å². The number of H-pyrrole nitrogens is 1. The minimum Gasteiger partial charge on any atom is -0.357 e. The quantitative estimate of drug-likeness (QED) is 0.761. The van der Waals surface area contributed by atoms with Crippen LogP contribution < -0.4 is 0 Å². The average Bonchev–Trinajstić information content (AvgIpc) is 3.17. The largest absolute Gasteiger partial charge is 0.357 e. The van der Waals surface area contributed by atoms with Crippen LogP contribution in [0.25, 0.3) is 10.9 Å². The van der Waals surface area contributed by atoms with E-state index in [9.17, 15) is 0 Å². The maximum absolute atomic E-state index is 3.67. The van der Waals surface area contributed by atoms with Gasteiger partial charge in [-0.2, -0.15) is 0 Å². The molecule has 0 radical (unpaired) electrons. The number of rotatable bonds is 7. The lowest BCUT2D eigenvalue weighted by Gasteiger charge is -2.36. The molecule has 0 amide bonds. The molecule has 0 atom stereocenters. The van der Waals surface area contributed by atoms with Crippen molar-refractivity contribution in [2.45, 2.75) is 38.6 Å². The van der Waals surface area contributed by atoms with E-state index in [-0.39, 0.29) is 0 Å². The number of fused-ring (bicyclic) bond motifs is 3. The van der Waals surface area contributed by atoms with Crippen LogP contribution in [0.2, 0.25) is 0 Å². The SMILES string of the molecule is c1ccc2c3c([nH]c2c1)CN(CCCN1CCN(CCN2CCCCC2)CC1)CC3. The molecule has 0 saturated carbocycles. The molecule has 2 aromatic rings. The fourth-order valence-corrected chi connectivity index (χ4v) is 5.66. The van der Waals surface area contributed by atoms with Gasteiger partial charge in [0.25, 0.3) is 0 Å². The molecule has 164 valence electrons. The summed E-state index contributed by atoms with van der Waals surface area (Å²) in [5.41, 5.74) is 4.31. The van der Waals surface area contributed by atoms with E-state index >= 15 is 0 Å². The normalized spacial score (nSPS) is 22.5. The van der Waals surface area contributed by atoms with E-state index in [0.717, 1.165) is 6.54 Å². The zero-order valence-electron chi connectivity index (χ0n) is 18.6. The van der Waals surface area contributed by atoms with E-state index in [2.05, 4.69) is 48.8 Å². The first-order chi connectivity index (χ1) is 14.8. The van der Waals surface area contributed by atoms with Crippen LogP contribution in [0, 0.1) is 0 Å². The van der Waals surface area contributed by atoms with Crippen molar-refractivity contribution < 1.29 is 0 Å². The number of hydrogen-bond acceptors (Lipinski definition) is 4. The lowest BCUT2D eigenvalue weighted by molar-refractivity contribution is 0.109. The van der Waals surface area contributed by atoms with E-state index < -0.39 is 0 Å². The second kappa shape index (κ2) is 9.82. The van der Waals surface area contributed by atoms with Crippen molar-refractivity contribution in [3.63, 3.8) is 0 Å². The molecule has 5 nitrogen and oxygen atoms in total. The van der Waals surface area contributed by atoms with Crippen LogP contribution in [0.4, 0.5) is 0 Å². The van der Waals surface area contributed by atoms with Crippen LogP contribution in [0.1, 0.15) is 36.9 Å². The summed E-state index contributed by atoms with van der Waals surface area (Å²) >= 11 is 0. The number of para-hydroxylation sites is 1. The highest BCUT2D eigenvalue weighted by molar-refractivity contribution is 5.84. The van der Waals surface area contributed by atoms with Crippen molar-refractivity contribution in [1.29, 1.82) is 0 Å². The number of piperidine rings is 1. The molecule has 3 aliphatic rings. The first kappa shape index (κ1) is 20.5. The fraction of sp³-hybridized carbons (Fsp3) is 0.680. The monoisotopic (exact) mass is 409 g/mol. The molecule has 1 aromatic carbocycles. The van der Waals surface area contributed by atoms with Gasteiger partial charge in [0.15, 0.2) is 0 Å². The second-order valence-corrected chi connectivity index (χ2v) is 9.59. The highest BCUT2D eigenvalue weighted by Crippen LogP contribution is 2.27. The van der Waals surface area contributed by atoms with Gasteiger partial charge in [-0.05, 0) is 63.5 Å². The van der Waals surface area contributed by atoms with E-state index in [4.69, 9.17) is 0 Å². The van der Waals surface area contributed by atoms with Gasteiger partial charge in [0.05, 0.1) is 0 Å². The minimum absolute atomic E-state index is 1.09. The summed E-state index contributed by atoms with van der Waals surface area (Å²) in [7, 11) is 0. The molecule has 0 bridgehead atoms. The number of nitrogens with zero attached hydrogens (tertiary/aromatic N) is 4. The van der Waals surface area contributed by atoms with Crippen molar-refractivity contribution in [3.05, 3.63) is 35.5 Å². The number of aromatic nitrogens is 1. The molecule has 1 aromatic heterocycles. The van der Waals surface area contributed by atoms with E-state index in [1.165, 1.54) is 121 Å². The number of benzene rings is 1. The Labute approximate surface area is 182 Å². The third kappa shape index (κ3) is 4.91. The summed E-state index contributed by atoms with van der Waals surface area (Å²) in [6.45, 7) is 15.0. The third-order valence-electron chi connectivity index (χ3n) is 7.56. The molecule has 5 heteroatoms. The Morgan fingerprint density at radius 1 is 0.667 bits per heavy atom. The van der Waals surface area contributed by atoms with Gasteiger partial charge in [-0.15, -0.1) is 0 Å². The summed E-state index contributed by atoms with van der Waals surface area (Å²) < 4.78 is 0. The molecule has 5 rings (SSSR count). The van der Waals surface area contributed by atoms with Crippen molar-refractivity contribution in [2.75, 3.05) is 72.0 Å². The van der Waals surface area contributed by atoms with Gasteiger partial charge < -0.3 is 14.8 Å². The predicted molar refractivity (Wildman–Crippen MR) is 125 cm³/mol. The first-order valence-corrected chi connectivity index (χ1v) is 12.3. The number of aromatic amines is 1. The van der Waals surface area contributed by atoms with E-state index in [1.54, 1.807) is 5.56 Å². The molecule has 30 heavy (non-hydrogen) atoms. The van der Waals surface area contributed by atoms with Crippen LogP contribution in [0.15, 0.2) is 24.3 Å². The number of likely N-dealkylation sites (tertiary alicyclic amines) is 1. The van der Waals surface area contributed by atoms with Gasteiger partial charge in [0.2, 0.25) is 0 Å². The van der Waals surface area contributed by atoms with Crippen molar-refractivity contribution >= 4 is 10.9 Å². The summed E-state index contributed by atoms with van der Waals surface area (Å²) in [5.74, 6) is 0. The zero-order valence-corrected chi connectivity index (χ0v) is 18.6. The molecular formula is C25H39N5. The molecule has 3 aliphatic heterocycles. The highest BCUT2D eigenvalue weighted by atomic mass is 15.3. The fourth-order valence-electron chi connectivity index (χ4n) is 5.66. The Balaban J connectivity index is 0.999. The maximum atomic E-state index is 3.67. The third-order valence-corrected chi connectivity index (χ3v) is 7.56. The second-order valence-electron chi connectivity index (χ2n) is 9.59. The minimum atomic E-state index is 1.09. The molecule has 2 saturated heterocycles. The summed E-state index contributed by atoms with van der Waals surface area (Å²) in [5, 5.41) is 1.44. The van der Waals surface area contributed by atoms with Crippen LogP contribution in [-0.2, 0) is 13.0 Å². The lowest BCUT2D eigenvalue weighted by Crippen LogP contribution is -2.49. The first-order valence-electron chi connectivity index (χ1n) is 12.3. The van der Waals surface area contributed by atoms with Crippen molar-refractivity contribution in [1.82, 2.24) is 24.6 Å². The standard InChI is InChI=1S/C25H39N5/c1-4-10-27(11-5-1)15-18-29-19-16-28(17-20-29)12-6-13-30-14-9-23-22-7-2-3-8-24(22)26-25(23)21-30/h2-3,7-8,26H,1,4-6,9-21H2. The Morgan fingerprint density at radius 3 is 2.13 bits per heavy atom. The Morgan fingerprint density at radius 2 is 1.33 bits per heavy atom. The van der Waals surface area contributed by atoms with Gasteiger partial charge in [-0.1, -0.05) is 24.6 Å². The summed E-state index contributed by atoms with van der Waals surface area (Å²) in [6.07, 6.45) is 6.74. The highest BCUT2D eigenvalue weighted by Gasteiger charge is 2.21. The lowest BCUT2D eigenvalue weighted by atomic mass is 10.0. The molecule has 4 heterocycles. The maximum Gasteiger partial charge on any atom is 0.0459 e. The summed E-state index contributed by atoms with van der Waals surface area (Å²) in [4.78, 5) is 14.4. The molecule has 0 spiro atoms. The molecular weight excluding hydrogens is 370 g/mol. The summed E-state index contributed by atoms with van der Waals surface area (Å²) in [6, 6.07) is 8.78. The van der Waals surface area contributed by atoms with E-state index in [0.29, 0.717) is 0 Å². The van der Waals surface area contributed by atoms with Crippen LogP contribution in [0.5, 0.6) is 0 Å². The predicted octanol–water partition coefficient (Wildman–Crippen LogP) is 3.02. The van der Waals surface area contributed by atoms with Gasteiger partial charge in [-0.3, -0.25) is 9.80 Å². The zero-order chi connectivity index (χ0) is 20.2. The van der Waals surface area contributed by atoms with Gasteiger partial charge in [-0.25, -0.2) is 0 Å². The van der Waals surface area contributed by atoms with Crippen molar-refractivity contribution in [3.8, 4) is 0 Å². The van der Waals surface area contributed by atoms with Crippen molar-refractivity contribution in [2.24, 2.45) is 0 Å². The number of nitrogens with one attached hydrogen (secondary N) is 1.